The maximum atomic E-state index is 10.8. The fraction of sp³-hybridized carbons (Fsp3) is 0.533. The molecule has 0 bridgehead atoms. The summed E-state index contributed by atoms with van der Waals surface area (Å²) < 4.78 is 0. The van der Waals surface area contributed by atoms with E-state index in [0.717, 1.165) is 11.6 Å². The van der Waals surface area contributed by atoms with Crippen LogP contribution in [0.3, 0.4) is 0 Å². The van der Waals surface area contributed by atoms with Crippen molar-refractivity contribution in [1.29, 1.82) is 0 Å². The molecule has 3 heteroatoms. The summed E-state index contributed by atoms with van der Waals surface area (Å²) >= 11 is 0. The molecule has 0 aliphatic heterocycles. The van der Waals surface area contributed by atoms with Gasteiger partial charge in [0.05, 0.1) is 5.56 Å². The summed E-state index contributed by atoms with van der Waals surface area (Å²) in [5.74, 6) is -0.0280. The molecule has 2 unspecified atom stereocenters. The molecule has 0 saturated heterocycles. The standard InChI is InChI=1S/C15H21NO2/c1-2-11-4-3-5-14(10-11)16-13-8-6-12(7-9-13)15(17)18/h6-9,11,14,16H,2-5,10H2,1H3,(H,17,18). The molecule has 2 N–H and O–H groups in total. The molecular formula is C15H21NO2. The van der Waals surface area contributed by atoms with Crippen molar-refractivity contribution < 1.29 is 9.90 Å². The third kappa shape index (κ3) is 3.25. The van der Waals surface area contributed by atoms with Gasteiger partial charge in [-0.05, 0) is 43.0 Å². The highest BCUT2D eigenvalue weighted by atomic mass is 16.4. The van der Waals surface area contributed by atoms with Gasteiger partial charge in [-0.1, -0.05) is 26.2 Å². The van der Waals surface area contributed by atoms with E-state index in [1.165, 1.54) is 32.1 Å². The Bertz CT molecular complexity index is 399. The normalized spacial score (nSPS) is 23.6. The number of hydrogen-bond donors (Lipinski definition) is 2. The first-order chi connectivity index (χ1) is 8.69. The van der Waals surface area contributed by atoms with Crippen LogP contribution in [-0.2, 0) is 0 Å². The van der Waals surface area contributed by atoms with Crippen molar-refractivity contribution in [2.45, 2.75) is 45.1 Å². The molecule has 0 radical (unpaired) electrons. The zero-order valence-corrected chi connectivity index (χ0v) is 10.9. The molecule has 98 valence electrons. The van der Waals surface area contributed by atoms with E-state index in [4.69, 9.17) is 5.11 Å². The minimum atomic E-state index is -0.870. The predicted molar refractivity (Wildman–Crippen MR) is 73.1 cm³/mol. The van der Waals surface area contributed by atoms with Crippen LogP contribution in [-0.4, -0.2) is 17.1 Å². The number of nitrogens with one attached hydrogen (secondary N) is 1. The lowest BCUT2D eigenvalue weighted by Gasteiger charge is -2.29. The van der Waals surface area contributed by atoms with E-state index in [0.29, 0.717) is 11.6 Å². The van der Waals surface area contributed by atoms with E-state index in [-0.39, 0.29) is 0 Å². The molecule has 1 saturated carbocycles. The van der Waals surface area contributed by atoms with Gasteiger partial charge in [-0.15, -0.1) is 0 Å². The van der Waals surface area contributed by atoms with E-state index in [1.807, 2.05) is 12.1 Å². The van der Waals surface area contributed by atoms with Crippen LogP contribution in [0, 0.1) is 5.92 Å². The van der Waals surface area contributed by atoms with E-state index >= 15 is 0 Å². The van der Waals surface area contributed by atoms with Crippen molar-refractivity contribution >= 4 is 11.7 Å². The van der Waals surface area contributed by atoms with Crippen molar-refractivity contribution in [2.75, 3.05) is 5.32 Å². The number of hydrogen-bond acceptors (Lipinski definition) is 2. The molecule has 0 heterocycles. The first kappa shape index (κ1) is 12.9. The monoisotopic (exact) mass is 247 g/mol. The zero-order chi connectivity index (χ0) is 13.0. The minimum absolute atomic E-state index is 0.343. The van der Waals surface area contributed by atoms with Crippen LogP contribution in [0.5, 0.6) is 0 Å². The van der Waals surface area contributed by atoms with Crippen molar-refractivity contribution in [3.8, 4) is 0 Å². The lowest BCUT2D eigenvalue weighted by atomic mass is 9.84. The van der Waals surface area contributed by atoms with Gasteiger partial charge >= 0.3 is 5.97 Å². The zero-order valence-electron chi connectivity index (χ0n) is 10.9. The highest BCUT2D eigenvalue weighted by Gasteiger charge is 2.20. The molecule has 3 nitrogen and oxygen atoms in total. The Morgan fingerprint density at radius 1 is 1.33 bits per heavy atom. The fourth-order valence-corrected chi connectivity index (χ4v) is 2.74. The van der Waals surface area contributed by atoms with Crippen molar-refractivity contribution in [2.24, 2.45) is 5.92 Å². The van der Waals surface area contributed by atoms with E-state index in [2.05, 4.69) is 12.2 Å². The Hall–Kier alpha value is -1.51. The average Bonchev–Trinajstić information content (AvgIpc) is 2.39. The second-order valence-corrected chi connectivity index (χ2v) is 5.16. The van der Waals surface area contributed by atoms with Crippen LogP contribution >= 0.6 is 0 Å². The topological polar surface area (TPSA) is 49.3 Å². The summed E-state index contributed by atoms with van der Waals surface area (Å²) in [6.45, 7) is 2.26. The molecule has 1 aliphatic rings. The first-order valence-corrected chi connectivity index (χ1v) is 6.79. The number of anilines is 1. The van der Waals surface area contributed by atoms with E-state index in [1.54, 1.807) is 12.1 Å². The number of rotatable bonds is 4. The SMILES string of the molecule is CCC1CCCC(Nc2ccc(C(=O)O)cc2)C1. The molecule has 0 aromatic heterocycles. The molecule has 18 heavy (non-hydrogen) atoms. The van der Waals surface area contributed by atoms with Gasteiger partial charge in [0.2, 0.25) is 0 Å². The van der Waals surface area contributed by atoms with Crippen LogP contribution in [0.25, 0.3) is 0 Å². The molecule has 2 atom stereocenters. The van der Waals surface area contributed by atoms with Crippen LogP contribution in [0.4, 0.5) is 5.69 Å². The molecule has 1 aromatic carbocycles. The second-order valence-electron chi connectivity index (χ2n) is 5.16. The number of carbonyl (C=O) groups is 1. The Balaban J connectivity index is 1.94. The van der Waals surface area contributed by atoms with Gasteiger partial charge in [-0.25, -0.2) is 4.79 Å². The van der Waals surface area contributed by atoms with Crippen LogP contribution in [0.2, 0.25) is 0 Å². The summed E-state index contributed by atoms with van der Waals surface area (Å²) in [6.07, 6.45) is 6.36. The van der Waals surface area contributed by atoms with Gasteiger partial charge in [0.25, 0.3) is 0 Å². The number of aromatic carboxylic acids is 1. The Morgan fingerprint density at radius 3 is 2.67 bits per heavy atom. The van der Waals surface area contributed by atoms with Gasteiger partial charge in [-0.3, -0.25) is 0 Å². The van der Waals surface area contributed by atoms with Gasteiger partial charge in [0.1, 0.15) is 0 Å². The van der Waals surface area contributed by atoms with Gasteiger partial charge < -0.3 is 10.4 Å². The molecule has 0 spiro atoms. The largest absolute Gasteiger partial charge is 0.478 e. The Kier molecular flexibility index (Phi) is 4.24. The van der Waals surface area contributed by atoms with Crippen LogP contribution in [0.15, 0.2) is 24.3 Å². The fourth-order valence-electron chi connectivity index (χ4n) is 2.74. The van der Waals surface area contributed by atoms with E-state index in [9.17, 15) is 4.79 Å². The molecule has 1 aliphatic carbocycles. The second kappa shape index (κ2) is 5.89. The van der Waals surface area contributed by atoms with E-state index < -0.39 is 5.97 Å². The maximum Gasteiger partial charge on any atom is 0.335 e. The summed E-state index contributed by atoms with van der Waals surface area (Å²) in [5.41, 5.74) is 1.37. The smallest absolute Gasteiger partial charge is 0.335 e. The Labute approximate surface area is 108 Å². The first-order valence-electron chi connectivity index (χ1n) is 6.79. The van der Waals surface area contributed by atoms with Gasteiger partial charge in [0, 0.05) is 11.7 Å². The van der Waals surface area contributed by atoms with Crippen molar-refractivity contribution in [3.05, 3.63) is 29.8 Å². The quantitative estimate of drug-likeness (QED) is 0.851. The number of carboxylic acid groups (broad SMARTS) is 1. The third-order valence-corrected chi connectivity index (χ3v) is 3.86. The molecule has 1 aromatic rings. The van der Waals surface area contributed by atoms with Crippen LogP contribution in [0.1, 0.15) is 49.4 Å². The number of benzene rings is 1. The summed E-state index contributed by atoms with van der Waals surface area (Å²) in [4.78, 5) is 10.8. The summed E-state index contributed by atoms with van der Waals surface area (Å²) in [7, 11) is 0. The minimum Gasteiger partial charge on any atom is -0.478 e. The highest BCUT2D eigenvalue weighted by Crippen LogP contribution is 2.28. The lowest BCUT2D eigenvalue weighted by Crippen LogP contribution is -2.27. The molecular weight excluding hydrogens is 226 g/mol. The average molecular weight is 247 g/mol. The highest BCUT2D eigenvalue weighted by molar-refractivity contribution is 5.87. The van der Waals surface area contributed by atoms with Crippen LogP contribution < -0.4 is 5.32 Å². The number of carboxylic acids is 1. The van der Waals surface area contributed by atoms with Crippen molar-refractivity contribution in [3.63, 3.8) is 0 Å². The lowest BCUT2D eigenvalue weighted by molar-refractivity contribution is 0.0697. The molecule has 1 fully saturated rings. The van der Waals surface area contributed by atoms with Gasteiger partial charge in [-0.2, -0.15) is 0 Å². The van der Waals surface area contributed by atoms with Gasteiger partial charge in [0.15, 0.2) is 0 Å². The molecule has 2 rings (SSSR count). The molecule has 0 amide bonds. The Morgan fingerprint density at radius 2 is 2.06 bits per heavy atom. The predicted octanol–water partition coefficient (Wildman–Crippen LogP) is 3.77. The van der Waals surface area contributed by atoms with Crippen molar-refractivity contribution in [1.82, 2.24) is 0 Å². The summed E-state index contributed by atoms with van der Waals surface area (Å²) in [5, 5.41) is 12.4. The summed E-state index contributed by atoms with van der Waals surface area (Å²) in [6, 6.07) is 7.58. The maximum absolute atomic E-state index is 10.8. The third-order valence-electron chi connectivity index (χ3n) is 3.86.